The van der Waals surface area contributed by atoms with Crippen LogP contribution < -0.4 is 20.7 Å². The summed E-state index contributed by atoms with van der Waals surface area (Å²) < 4.78 is 65.2. The molecular formula is C21H16F4N4O7. The molecule has 1 atom stereocenters. The highest BCUT2D eigenvalue weighted by Gasteiger charge is 2.35. The van der Waals surface area contributed by atoms with Gasteiger partial charge < -0.3 is 9.47 Å². The van der Waals surface area contributed by atoms with E-state index in [0.29, 0.717) is 12.1 Å². The second-order valence-electron chi connectivity index (χ2n) is 7.35. The van der Waals surface area contributed by atoms with E-state index in [-0.39, 0.29) is 32.6 Å². The smallest absolute Gasteiger partial charge is 0.431 e. The fraction of sp³-hybridized carbons (Fsp3) is 0.238. The molecule has 0 fully saturated rings. The molecule has 3 aromatic rings. The van der Waals surface area contributed by atoms with E-state index in [1.165, 1.54) is 32.2 Å². The molecule has 0 aliphatic rings. The third-order valence-corrected chi connectivity index (χ3v) is 4.89. The highest BCUT2D eigenvalue weighted by atomic mass is 19.4. The Bertz CT molecular complexity index is 1480. The van der Waals surface area contributed by atoms with Gasteiger partial charge in [-0.25, -0.2) is 18.7 Å². The number of Topliss-reactive ketones (excluding diaryl/α,β-unsaturated/α-hetero) is 1. The minimum absolute atomic E-state index is 0.0691. The van der Waals surface area contributed by atoms with Gasteiger partial charge in [0.05, 0.1) is 16.7 Å². The number of carbonyl (C=O) groups is 1. The number of nitro groups is 1. The number of ketones is 1. The van der Waals surface area contributed by atoms with E-state index in [4.69, 9.17) is 9.47 Å². The average molecular weight is 512 g/mol. The first-order valence-electron chi connectivity index (χ1n) is 9.91. The molecule has 0 N–H and O–H groups in total. The minimum Gasteiger partial charge on any atom is -0.464 e. The van der Waals surface area contributed by atoms with E-state index in [1.54, 1.807) is 0 Å². The number of nitrogens with zero attached hydrogens (tertiary/aromatic N) is 4. The molecule has 0 bridgehead atoms. The summed E-state index contributed by atoms with van der Waals surface area (Å²) in [7, 11) is 0.719. The van der Waals surface area contributed by atoms with Gasteiger partial charge >= 0.3 is 17.6 Å². The monoisotopic (exact) mass is 512 g/mol. The standard InChI is InChI=1S/C21H16F4N4O7/c1-10(30)11(2)35-19-15(5-4-6-26-19)36-16-8-13(12(22)7-14(16)29(33)34)28-18(31)9-17(21(23,24)25)27(3)20(28)32/h4-9,11H,1-3H3. The Morgan fingerprint density at radius 3 is 2.44 bits per heavy atom. The summed E-state index contributed by atoms with van der Waals surface area (Å²) in [4.78, 5) is 50.8. The summed E-state index contributed by atoms with van der Waals surface area (Å²) >= 11 is 0. The number of benzene rings is 1. The van der Waals surface area contributed by atoms with Gasteiger partial charge in [0.2, 0.25) is 5.75 Å². The number of halogens is 4. The Balaban J connectivity index is 2.21. The number of hydrogen-bond acceptors (Lipinski definition) is 8. The molecule has 11 nitrogen and oxygen atoms in total. The van der Waals surface area contributed by atoms with E-state index >= 15 is 0 Å². The molecule has 36 heavy (non-hydrogen) atoms. The first kappa shape index (κ1) is 26.1. The van der Waals surface area contributed by atoms with Crippen molar-refractivity contribution in [3.8, 4) is 23.1 Å². The van der Waals surface area contributed by atoms with Gasteiger partial charge in [-0.15, -0.1) is 0 Å². The molecule has 0 radical (unpaired) electrons. The van der Waals surface area contributed by atoms with Gasteiger partial charge in [-0.05, 0) is 26.0 Å². The zero-order chi connectivity index (χ0) is 26.9. The SMILES string of the molecule is CC(=O)C(C)Oc1ncccc1Oc1cc(-n2c(=O)cc(C(F)(F)F)n(C)c2=O)c(F)cc1[N+](=O)[O-]. The third-order valence-electron chi connectivity index (χ3n) is 4.89. The van der Waals surface area contributed by atoms with Crippen molar-refractivity contribution in [2.24, 2.45) is 7.05 Å². The van der Waals surface area contributed by atoms with Crippen molar-refractivity contribution < 1.29 is 36.8 Å². The maximum Gasteiger partial charge on any atom is 0.431 e. The lowest BCUT2D eigenvalue weighted by Crippen LogP contribution is -2.41. The van der Waals surface area contributed by atoms with Crippen LogP contribution >= 0.6 is 0 Å². The summed E-state index contributed by atoms with van der Waals surface area (Å²) in [6.07, 6.45) is -4.76. The Morgan fingerprint density at radius 1 is 1.19 bits per heavy atom. The lowest BCUT2D eigenvalue weighted by molar-refractivity contribution is -0.385. The van der Waals surface area contributed by atoms with Crippen LogP contribution in [0.4, 0.5) is 23.2 Å². The molecular weight excluding hydrogens is 496 g/mol. The zero-order valence-corrected chi connectivity index (χ0v) is 18.7. The van der Waals surface area contributed by atoms with Gasteiger partial charge in [0.1, 0.15) is 5.69 Å². The molecule has 0 aliphatic heterocycles. The molecule has 15 heteroatoms. The van der Waals surface area contributed by atoms with Gasteiger partial charge in [0.15, 0.2) is 23.5 Å². The van der Waals surface area contributed by atoms with E-state index in [0.717, 1.165) is 7.05 Å². The number of ether oxygens (including phenoxy) is 2. The summed E-state index contributed by atoms with van der Waals surface area (Å²) in [5.74, 6) is -3.04. The maximum absolute atomic E-state index is 14.8. The molecule has 1 aromatic carbocycles. The fourth-order valence-electron chi connectivity index (χ4n) is 2.96. The molecule has 190 valence electrons. The number of nitro benzene ring substituents is 1. The average Bonchev–Trinajstić information content (AvgIpc) is 2.78. The van der Waals surface area contributed by atoms with E-state index < -0.39 is 57.1 Å². The summed E-state index contributed by atoms with van der Waals surface area (Å²) in [5.41, 5.74) is -6.52. The van der Waals surface area contributed by atoms with Crippen LogP contribution in [0.15, 0.2) is 46.1 Å². The van der Waals surface area contributed by atoms with Crippen LogP contribution in [0.2, 0.25) is 0 Å². The lowest BCUT2D eigenvalue weighted by atomic mass is 10.2. The number of pyridine rings is 1. The van der Waals surface area contributed by atoms with Crippen LogP contribution in [-0.4, -0.2) is 30.9 Å². The maximum atomic E-state index is 14.8. The van der Waals surface area contributed by atoms with Crippen molar-refractivity contribution in [1.29, 1.82) is 0 Å². The molecule has 0 spiro atoms. The summed E-state index contributed by atoms with van der Waals surface area (Å²) in [6, 6.07) is 3.63. The molecule has 3 rings (SSSR count). The molecule has 0 saturated carbocycles. The van der Waals surface area contributed by atoms with Crippen LogP contribution in [0.3, 0.4) is 0 Å². The van der Waals surface area contributed by atoms with E-state index in [1.807, 2.05) is 0 Å². The number of rotatable bonds is 7. The number of hydrogen-bond donors (Lipinski definition) is 0. The Labute approximate surface area is 198 Å². The number of aromatic nitrogens is 3. The van der Waals surface area contributed by atoms with Crippen molar-refractivity contribution >= 4 is 11.5 Å². The highest BCUT2D eigenvalue weighted by Crippen LogP contribution is 2.37. The predicted molar refractivity (Wildman–Crippen MR) is 114 cm³/mol. The van der Waals surface area contributed by atoms with Crippen LogP contribution in [-0.2, 0) is 18.0 Å². The quantitative estimate of drug-likeness (QED) is 0.268. The lowest BCUT2D eigenvalue weighted by Gasteiger charge is -2.16. The van der Waals surface area contributed by atoms with Gasteiger partial charge in [0, 0.05) is 25.4 Å². The molecule has 2 heterocycles. The van der Waals surface area contributed by atoms with Gasteiger partial charge in [0.25, 0.3) is 11.4 Å². The van der Waals surface area contributed by atoms with Crippen LogP contribution in [0.1, 0.15) is 19.5 Å². The van der Waals surface area contributed by atoms with Gasteiger partial charge in [-0.1, -0.05) is 0 Å². The fourth-order valence-corrected chi connectivity index (χ4v) is 2.96. The van der Waals surface area contributed by atoms with E-state index in [9.17, 15) is 42.1 Å². The number of carbonyl (C=O) groups excluding carboxylic acids is 1. The number of alkyl halides is 3. The zero-order valence-electron chi connectivity index (χ0n) is 18.7. The second kappa shape index (κ2) is 9.59. The Morgan fingerprint density at radius 2 is 1.86 bits per heavy atom. The normalized spacial score (nSPS) is 12.2. The molecule has 0 amide bonds. The molecule has 0 saturated heterocycles. The van der Waals surface area contributed by atoms with Crippen molar-refractivity contribution in [3.05, 3.63) is 79.0 Å². The largest absolute Gasteiger partial charge is 0.464 e. The molecule has 1 unspecified atom stereocenters. The van der Waals surface area contributed by atoms with Crippen molar-refractivity contribution in [1.82, 2.24) is 14.1 Å². The van der Waals surface area contributed by atoms with Gasteiger partial charge in [-0.2, -0.15) is 13.2 Å². The highest BCUT2D eigenvalue weighted by molar-refractivity contribution is 5.80. The Kier molecular flexibility index (Phi) is 6.94. The third kappa shape index (κ3) is 5.08. The van der Waals surface area contributed by atoms with Crippen LogP contribution in [0.25, 0.3) is 5.69 Å². The minimum atomic E-state index is -5.05. The van der Waals surface area contributed by atoms with Crippen LogP contribution in [0.5, 0.6) is 17.4 Å². The summed E-state index contributed by atoms with van der Waals surface area (Å²) in [6.45, 7) is 2.65. The first-order valence-corrected chi connectivity index (χ1v) is 9.91. The van der Waals surface area contributed by atoms with Crippen molar-refractivity contribution in [2.45, 2.75) is 26.1 Å². The predicted octanol–water partition coefficient (Wildman–Crippen LogP) is 3.15. The van der Waals surface area contributed by atoms with Crippen LogP contribution in [0, 0.1) is 15.9 Å². The van der Waals surface area contributed by atoms with Crippen molar-refractivity contribution in [2.75, 3.05) is 0 Å². The first-order chi connectivity index (χ1) is 16.7. The van der Waals surface area contributed by atoms with E-state index in [2.05, 4.69) is 4.98 Å². The Hall–Kier alpha value is -4.56. The second-order valence-corrected chi connectivity index (χ2v) is 7.35. The molecule has 0 aliphatic carbocycles. The molecule has 2 aromatic heterocycles. The van der Waals surface area contributed by atoms with Gasteiger partial charge in [-0.3, -0.25) is 24.3 Å². The summed E-state index contributed by atoms with van der Waals surface area (Å²) in [5, 5.41) is 11.5. The van der Waals surface area contributed by atoms with Crippen molar-refractivity contribution in [3.63, 3.8) is 0 Å². The topological polar surface area (TPSA) is 136 Å².